The molecule has 2 heterocycles. The molecular weight excluding hydrogens is 354 g/mol. The summed E-state index contributed by atoms with van der Waals surface area (Å²) in [6.07, 6.45) is 0. The zero-order valence-corrected chi connectivity index (χ0v) is 15.4. The van der Waals surface area contributed by atoms with Crippen LogP contribution in [-0.2, 0) is 11.3 Å². The van der Waals surface area contributed by atoms with E-state index < -0.39 is 0 Å². The number of aromatic nitrogens is 2. The maximum Gasteiger partial charge on any atom is 0.260 e. The van der Waals surface area contributed by atoms with Crippen molar-refractivity contribution in [3.05, 3.63) is 47.7 Å². The first-order valence-electron chi connectivity index (χ1n) is 8.10. The molecular formula is C18H19N3O4S. The van der Waals surface area contributed by atoms with Crippen molar-refractivity contribution in [3.8, 4) is 22.2 Å². The molecule has 1 aromatic carbocycles. The molecule has 0 aliphatic rings. The third-order valence-corrected chi connectivity index (χ3v) is 4.54. The van der Waals surface area contributed by atoms with Crippen molar-refractivity contribution in [2.75, 3.05) is 20.3 Å². The van der Waals surface area contributed by atoms with E-state index in [4.69, 9.17) is 14.0 Å². The second-order valence-corrected chi connectivity index (χ2v) is 6.31. The second kappa shape index (κ2) is 8.48. The molecule has 0 unspecified atom stereocenters. The molecule has 3 aromatic rings. The summed E-state index contributed by atoms with van der Waals surface area (Å²) in [5, 5.41) is 5.91. The van der Waals surface area contributed by atoms with E-state index in [0.717, 1.165) is 4.88 Å². The Hall–Kier alpha value is -2.87. The Labute approximate surface area is 155 Å². The Morgan fingerprint density at radius 2 is 2.12 bits per heavy atom. The number of nitrogens with zero attached hydrogens (tertiary/aromatic N) is 3. The number of carbonyl (C=O) groups is 1. The van der Waals surface area contributed by atoms with Crippen LogP contribution in [-0.4, -0.2) is 41.2 Å². The fraction of sp³-hybridized carbons (Fsp3) is 0.278. The van der Waals surface area contributed by atoms with Crippen molar-refractivity contribution < 1.29 is 18.8 Å². The fourth-order valence-electron chi connectivity index (χ4n) is 2.29. The first kappa shape index (κ1) is 17.9. The minimum atomic E-state index is -0.161. The summed E-state index contributed by atoms with van der Waals surface area (Å²) in [7, 11) is 1.58. The van der Waals surface area contributed by atoms with E-state index in [-0.39, 0.29) is 19.1 Å². The Morgan fingerprint density at radius 3 is 2.85 bits per heavy atom. The zero-order chi connectivity index (χ0) is 18.4. The first-order valence-corrected chi connectivity index (χ1v) is 8.98. The first-order chi connectivity index (χ1) is 12.7. The van der Waals surface area contributed by atoms with Crippen molar-refractivity contribution in [1.82, 2.24) is 15.0 Å². The standard InChI is InChI=1S/C18H19N3O4S/c1-3-21(11-16-19-18(20-25-16)15-8-5-9-26-15)17(22)12-24-14-7-4-6-13(10-14)23-2/h4-10H,3,11-12H2,1-2H3. The van der Waals surface area contributed by atoms with E-state index in [9.17, 15) is 4.79 Å². The monoisotopic (exact) mass is 373 g/mol. The molecule has 0 saturated heterocycles. The molecule has 136 valence electrons. The lowest BCUT2D eigenvalue weighted by molar-refractivity contribution is -0.134. The number of benzene rings is 1. The maximum absolute atomic E-state index is 12.4. The van der Waals surface area contributed by atoms with Gasteiger partial charge < -0.3 is 18.9 Å². The van der Waals surface area contributed by atoms with E-state index in [1.54, 1.807) is 30.2 Å². The molecule has 0 aliphatic heterocycles. The highest BCUT2D eigenvalue weighted by molar-refractivity contribution is 7.13. The van der Waals surface area contributed by atoms with Gasteiger partial charge in [-0.25, -0.2) is 0 Å². The third-order valence-electron chi connectivity index (χ3n) is 3.67. The molecule has 0 N–H and O–H groups in total. The number of hydrogen-bond acceptors (Lipinski definition) is 7. The summed E-state index contributed by atoms with van der Waals surface area (Å²) in [6.45, 7) is 2.57. The van der Waals surface area contributed by atoms with Crippen LogP contribution in [0, 0.1) is 0 Å². The fourth-order valence-corrected chi connectivity index (χ4v) is 2.94. The van der Waals surface area contributed by atoms with Gasteiger partial charge >= 0.3 is 0 Å². The van der Waals surface area contributed by atoms with Crippen molar-refractivity contribution in [2.45, 2.75) is 13.5 Å². The zero-order valence-electron chi connectivity index (χ0n) is 14.5. The number of methoxy groups -OCH3 is 1. The van der Waals surface area contributed by atoms with Crippen LogP contribution in [0.25, 0.3) is 10.7 Å². The lowest BCUT2D eigenvalue weighted by atomic mass is 10.3. The second-order valence-electron chi connectivity index (χ2n) is 5.36. The molecule has 0 atom stereocenters. The predicted octanol–water partition coefficient (Wildman–Crippen LogP) is 3.23. The van der Waals surface area contributed by atoms with Gasteiger partial charge in [0.1, 0.15) is 18.0 Å². The summed E-state index contributed by atoms with van der Waals surface area (Å²) in [6, 6.07) is 11.0. The summed E-state index contributed by atoms with van der Waals surface area (Å²) < 4.78 is 16.0. The van der Waals surface area contributed by atoms with Crippen molar-refractivity contribution in [3.63, 3.8) is 0 Å². The van der Waals surface area contributed by atoms with Gasteiger partial charge in [-0.15, -0.1) is 11.3 Å². The molecule has 1 amide bonds. The summed E-state index contributed by atoms with van der Waals surface area (Å²) in [5.74, 6) is 2.02. The number of rotatable bonds is 8. The number of carbonyl (C=O) groups excluding carboxylic acids is 1. The highest BCUT2D eigenvalue weighted by Crippen LogP contribution is 2.22. The van der Waals surface area contributed by atoms with Gasteiger partial charge in [0, 0.05) is 12.6 Å². The smallest absolute Gasteiger partial charge is 0.260 e. The Morgan fingerprint density at radius 1 is 1.27 bits per heavy atom. The van der Waals surface area contributed by atoms with E-state index in [2.05, 4.69) is 10.1 Å². The van der Waals surface area contributed by atoms with Crippen LogP contribution in [0.1, 0.15) is 12.8 Å². The average Bonchev–Trinajstić information content (AvgIpc) is 3.35. The van der Waals surface area contributed by atoms with E-state index in [1.165, 1.54) is 11.3 Å². The van der Waals surface area contributed by atoms with Crippen molar-refractivity contribution >= 4 is 17.2 Å². The van der Waals surface area contributed by atoms with Crippen molar-refractivity contribution in [2.24, 2.45) is 0 Å². The quantitative estimate of drug-likeness (QED) is 0.603. The van der Waals surface area contributed by atoms with Crippen LogP contribution < -0.4 is 9.47 Å². The number of hydrogen-bond donors (Lipinski definition) is 0. The maximum atomic E-state index is 12.4. The SMILES string of the molecule is CCN(Cc1nc(-c2cccs2)no1)C(=O)COc1cccc(OC)c1. The molecule has 0 fully saturated rings. The Balaban J connectivity index is 1.58. The van der Waals surface area contributed by atoms with Crippen LogP contribution >= 0.6 is 11.3 Å². The van der Waals surface area contributed by atoms with Gasteiger partial charge in [0.05, 0.1) is 12.0 Å². The normalized spacial score (nSPS) is 10.5. The molecule has 0 saturated carbocycles. The van der Waals surface area contributed by atoms with Crippen LogP contribution in [0.15, 0.2) is 46.3 Å². The molecule has 2 aromatic heterocycles. The van der Waals surface area contributed by atoms with Gasteiger partial charge in [0.2, 0.25) is 11.7 Å². The predicted molar refractivity (Wildman–Crippen MR) is 97.2 cm³/mol. The average molecular weight is 373 g/mol. The summed E-state index contributed by atoms with van der Waals surface area (Å²) in [4.78, 5) is 19.3. The molecule has 3 rings (SSSR count). The van der Waals surface area contributed by atoms with Crippen molar-refractivity contribution in [1.29, 1.82) is 0 Å². The highest BCUT2D eigenvalue weighted by Gasteiger charge is 2.17. The summed E-state index contributed by atoms with van der Waals surface area (Å²) in [5.41, 5.74) is 0. The third kappa shape index (κ3) is 4.40. The molecule has 0 radical (unpaired) electrons. The molecule has 0 spiro atoms. The van der Waals surface area contributed by atoms with Gasteiger partial charge in [-0.05, 0) is 30.5 Å². The van der Waals surface area contributed by atoms with Crippen LogP contribution in [0.5, 0.6) is 11.5 Å². The Kier molecular flexibility index (Phi) is 5.85. The topological polar surface area (TPSA) is 77.7 Å². The Bertz CT molecular complexity index is 848. The van der Waals surface area contributed by atoms with E-state index in [0.29, 0.717) is 29.8 Å². The van der Waals surface area contributed by atoms with Gasteiger partial charge in [-0.2, -0.15) is 4.98 Å². The number of ether oxygens (including phenoxy) is 2. The molecule has 7 nitrogen and oxygen atoms in total. The lowest BCUT2D eigenvalue weighted by Gasteiger charge is -2.19. The van der Waals surface area contributed by atoms with E-state index in [1.807, 2.05) is 30.5 Å². The molecule has 0 aliphatic carbocycles. The lowest BCUT2D eigenvalue weighted by Crippen LogP contribution is -2.34. The van der Waals surface area contributed by atoms with Gasteiger partial charge in [-0.3, -0.25) is 4.79 Å². The number of likely N-dealkylation sites (N-methyl/N-ethyl adjacent to an activating group) is 1. The van der Waals surface area contributed by atoms with Gasteiger partial charge in [0.25, 0.3) is 5.91 Å². The highest BCUT2D eigenvalue weighted by atomic mass is 32.1. The summed E-state index contributed by atoms with van der Waals surface area (Å²) >= 11 is 1.53. The number of amides is 1. The van der Waals surface area contributed by atoms with E-state index >= 15 is 0 Å². The molecule has 8 heteroatoms. The number of thiophene rings is 1. The molecule has 26 heavy (non-hydrogen) atoms. The van der Waals surface area contributed by atoms with Gasteiger partial charge in [0.15, 0.2) is 6.61 Å². The van der Waals surface area contributed by atoms with Crippen LogP contribution in [0.4, 0.5) is 0 Å². The van der Waals surface area contributed by atoms with Crippen LogP contribution in [0.3, 0.4) is 0 Å². The minimum absolute atomic E-state index is 0.0765. The largest absolute Gasteiger partial charge is 0.497 e. The minimum Gasteiger partial charge on any atom is -0.497 e. The van der Waals surface area contributed by atoms with Gasteiger partial charge in [-0.1, -0.05) is 17.3 Å². The molecule has 0 bridgehead atoms. The van der Waals surface area contributed by atoms with Crippen LogP contribution in [0.2, 0.25) is 0 Å².